The zero-order valence-electron chi connectivity index (χ0n) is 9.86. The van der Waals surface area contributed by atoms with Crippen LogP contribution in [0.25, 0.3) is 0 Å². The molecule has 1 rings (SSSR count). The summed E-state index contributed by atoms with van der Waals surface area (Å²) in [6.45, 7) is 4.24. The van der Waals surface area contributed by atoms with E-state index in [9.17, 15) is 0 Å². The maximum absolute atomic E-state index is 4.32. The van der Waals surface area contributed by atoms with E-state index in [1.54, 1.807) is 11.3 Å². The molecule has 0 aliphatic rings. The Morgan fingerprint density at radius 2 is 2.40 bits per heavy atom. The number of nitrogens with zero attached hydrogens (tertiary/aromatic N) is 2. The number of rotatable bonds is 7. The summed E-state index contributed by atoms with van der Waals surface area (Å²) in [5.74, 6) is 0. The highest BCUT2D eigenvalue weighted by atomic mass is 32.1. The molecule has 1 aromatic rings. The highest BCUT2D eigenvalue weighted by Gasteiger charge is 2.13. The number of hydrogen-bond donors (Lipinski definition) is 1. The number of thiazole rings is 1. The van der Waals surface area contributed by atoms with Crippen molar-refractivity contribution in [3.05, 3.63) is 16.6 Å². The Morgan fingerprint density at radius 3 is 2.93 bits per heavy atom. The van der Waals surface area contributed by atoms with E-state index in [2.05, 4.69) is 34.6 Å². The zero-order valence-corrected chi connectivity index (χ0v) is 10.7. The fourth-order valence-electron chi connectivity index (χ4n) is 1.75. The van der Waals surface area contributed by atoms with Gasteiger partial charge in [-0.1, -0.05) is 13.3 Å². The molecule has 1 unspecified atom stereocenters. The Balaban J connectivity index is 2.44. The Bertz CT molecular complexity index is 242. The van der Waals surface area contributed by atoms with Gasteiger partial charge in [0.05, 0.1) is 11.2 Å². The molecule has 0 radical (unpaired) electrons. The van der Waals surface area contributed by atoms with E-state index in [-0.39, 0.29) is 0 Å². The molecule has 0 saturated heterocycles. The quantitative estimate of drug-likeness (QED) is 0.772. The number of nitrogens with one attached hydrogen (secondary N) is 1. The van der Waals surface area contributed by atoms with E-state index in [4.69, 9.17) is 0 Å². The lowest BCUT2D eigenvalue weighted by Crippen LogP contribution is -2.38. The first kappa shape index (κ1) is 12.6. The topological polar surface area (TPSA) is 28.2 Å². The highest BCUT2D eigenvalue weighted by molar-refractivity contribution is 7.07. The summed E-state index contributed by atoms with van der Waals surface area (Å²) in [5.41, 5.74) is 3.08. The van der Waals surface area contributed by atoms with Gasteiger partial charge in [0, 0.05) is 24.5 Å². The molecule has 0 bridgehead atoms. The lowest BCUT2D eigenvalue weighted by Gasteiger charge is -2.27. The van der Waals surface area contributed by atoms with Crippen molar-refractivity contribution in [2.75, 3.05) is 20.6 Å². The van der Waals surface area contributed by atoms with Crippen molar-refractivity contribution < 1.29 is 0 Å². The van der Waals surface area contributed by atoms with Crippen LogP contribution in [0, 0.1) is 0 Å². The first-order valence-electron chi connectivity index (χ1n) is 5.49. The predicted molar refractivity (Wildman–Crippen MR) is 66.2 cm³/mol. The average molecular weight is 227 g/mol. The standard InChI is InChI=1S/C11H21N3S/c1-4-5-11(6-12-2)14(3)7-10-8-15-9-13-10/h8-9,11-12H,4-7H2,1-3H3. The molecule has 3 nitrogen and oxygen atoms in total. The summed E-state index contributed by atoms with van der Waals surface area (Å²) in [4.78, 5) is 6.70. The van der Waals surface area contributed by atoms with E-state index in [0.717, 1.165) is 13.1 Å². The molecular weight excluding hydrogens is 206 g/mol. The number of hydrogen-bond acceptors (Lipinski definition) is 4. The molecule has 1 atom stereocenters. The molecule has 0 aliphatic heterocycles. The van der Waals surface area contributed by atoms with Crippen LogP contribution in [-0.2, 0) is 6.54 Å². The third kappa shape index (κ3) is 4.28. The van der Waals surface area contributed by atoms with Crippen molar-refractivity contribution in [1.82, 2.24) is 15.2 Å². The molecule has 1 heterocycles. The van der Waals surface area contributed by atoms with E-state index in [0.29, 0.717) is 6.04 Å². The Labute approximate surface area is 96.5 Å². The van der Waals surface area contributed by atoms with Crippen LogP contribution in [0.5, 0.6) is 0 Å². The van der Waals surface area contributed by atoms with Gasteiger partial charge in [0.1, 0.15) is 0 Å². The Morgan fingerprint density at radius 1 is 1.60 bits per heavy atom. The average Bonchev–Trinajstić information content (AvgIpc) is 2.70. The van der Waals surface area contributed by atoms with E-state index in [1.165, 1.54) is 18.5 Å². The minimum atomic E-state index is 0.613. The van der Waals surface area contributed by atoms with Gasteiger partial charge < -0.3 is 5.32 Å². The van der Waals surface area contributed by atoms with Gasteiger partial charge in [-0.2, -0.15) is 0 Å². The van der Waals surface area contributed by atoms with Gasteiger partial charge in [0.2, 0.25) is 0 Å². The second kappa shape index (κ2) is 6.93. The lowest BCUT2D eigenvalue weighted by molar-refractivity contribution is 0.216. The molecule has 0 saturated carbocycles. The predicted octanol–water partition coefficient (Wildman–Crippen LogP) is 1.96. The Kier molecular flexibility index (Phi) is 5.83. The summed E-state index contributed by atoms with van der Waals surface area (Å²) in [6, 6.07) is 0.613. The monoisotopic (exact) mass is 227 g/mol. The maximum atomic E-state index is 4.32. The van der Waals surface area contributed by atoms with E-state index < -0.39 is 0 Å². The first-order chi connectivity index (χ1) is 7.27. The van der Waals surface area contributed by atoms with Crippen LogP contribution in [0.2, 0.25) is 0 Å². The third-order valence-corrected chi connectivity index (χ3v) is 3.22. The molecule has 0 fully saturated rings. The summed E-state index contributed by atoms with van der Waals surface area (Å²) < 4.78 is 0. The molecule has 1 aromatic heterocycles. The summed E-state index contributed by atoms with van der Waals surface area (Å²) >= 11 is 1.67. The minimum absolute atomic E-state index is 0.613. The fraction of sp³-hybridized carbons (Fsp3) is 0.727. The minimum Gasteiger partial charge on any atom is -0.318 e. The second-order valence-corrected chi connectivity index (χ2v) is 4.61. The van der Waals surface area contributed by atoms with Crippen LogP contribution in [0.3, 0.4) is 0 Å². The van der Waals surface area contributed by atoms with Gasteiger partial charge in [0.15, 0.2) is 0 Å². The summed E-state index contributed by atoms with van der Waals surface area (Å²) in [6.07, 6.45) is 2.47. The van der Waals surface area contributed by atoms with Crippen molar-refractivity contribution in [3.8, 4) is 0 Å². The molecule has 0 amide bonds. The van der Waals surface area contributed by atoms with Crippen molar-refractivity contribution in [2.45, 2.75) is 32.4 Å². The first-order valence-corrected chi connectivity index (χ1v) is 6.44. The molecule has 86 valence electrons. The van der Waals surface area contributed by atoms with Gasteiger partial charge in [0.25, 0.3) is 0 Å². The molecule has 0 aliphatic carbocycles. The van der Waals surface area contributed by atoms with Gasteiger partial charge >= 0.3 is 0 Å². The molecule has 0 spiro atoms. The second-order valence-electron chi connectivity index (χ2n) is 3.90. The van der Waals surface area contributed by atoms with Gasteiger partial charge in [-0.15, -0.1) is 11.3 Å². The third-order valence-electron chi connectivity index (χ3n) is 2.58. The van der Waals surface area contributed by atoms with Gasteiger partial charge in [-0.25, -0.2) is 4.98 Å². The van der Waals surface area contributed by atoms with Crippen LogP contribution in [-0.4, -0.2) is 36.6 Å². The molecule has 0 aromatic carbocycles. The van der Waals surface area contributed by atoms with Crippen LogP contribution in [0.15, 0.2) is 10.9 Å². The van der Waals surface area contributed by atoms with Gasteiger partial charge in [-0.3, -0.25) is 4.90 Å². The summed E-state index contributed by atoms with van der Waals surface area (Å²) in [7, 11) is 4.19. The largest absolute Gasteiger partial charge is 0.318 e. The van der Waals surface area contributed by atoms with Crippen LogP contribution >= 0.6 is 11.3 Å². The van der Waals surface area contributed by atoms with Crippen molar-refractivity contribution in [1.29, 1.82) is 0 Å². The lowest BCUT2D eigenvalue weighted by atomic mass is 10.1. The SMILES string of the molecule is CCCC(CNC)N(C)Cc1cscn1. The molecule has 15 heavy (non-hydrogen) atoms. The van der Waals surface area contributed by atoms with Crippen molar-refractivity contribution >= 4 is 11.3 Å². The number of aromatic nitrogens is 1. The van der Waals surface area contributed by atoms with E-state index in [1.807, 2.05) is 12.6 Å². The van der Waals surface area contributed by atoms with Crippen LogP contribution in [0.4, 0.5) is 0 Å². The van der Waals surface area contributed by atoms with Crippen molar-refractivity contribution in [2.24, 2.45) is 0 Å². The maximum Gasteiger partial charge on any atom is 0.0795 e. The van der Waals surface area contributed by atoms with Gasteiger partial charge in [-0.05, 0) is 20.5 Å². The molecular formula is C11H21N3S. The highest BCUT2D eigenvalue weighted by Crippen LogP contribution is 2.10. The summed E-state index contributed by atoms with van der Waals surface area (Å²) in [5, 5.41) is 5.38. The zero-order chi connectivity index (χ0) is 11.1. The molecule has 4 heteroatoms. The van der Waals surface area contributed by atoms with Crippen LogP contribution in [0.1, 0.15) is 25.5 Å². The number of likely N-dealkylation sites (N-methyl/N-ethyl adjacent to an activating group) is 2. The Hall–Kier alpha value is -0.450. The smallest absolute Gasteiger partial charge is 0.0795 e. The van der Waals surface area contributed by atoms with E-state index >= 15 is 0 Å². The van der Waals surface area contributed by atoms with Crippen molar-refractivity contribution in [3.63, 3.8) is 0 Å². The van der Waals surface area contributed by atoms with Crippen LogP contribution < -0.4 is 5.32 Å². The molecule has 1 N–H and O–H groups in total. The fourth-order valence-corrected chi connectivity index (χ4v) is 2.30. The normalized spacial score (nSPS) is 13.3.